The van der Waals surface area contributed by atoms with Crippen molar-refractivity contribution in [2.75, 3.05) is 53.6 Å². The van der Waals surface area contributed by atoms with E-state index < -0.39 is 11.8 Å². The molecule has 2 aromatic carbocycles. The Hall–Kier alpha value is -5.74. The fraction of sp³-hybridized carbons (Fsp3) is 0.389. The highest BCUT2D eigenvalue weighted by molar-refractivity contribution is 5.98. The summed E-state index contributed by atoms with van der Waals surface area (Å²) in [6, 6.07) is 8.42. The lowest BCUT2D eigenvalue weighted by Gasteiger charge is -2.26. The number of hydrogen-bond donors (Lipinski definition) is 3. The Bertz CT molecular complexity index is 2280. The molecule has 1 aliphatic rings. The Kier molecular flexibility index (Phi) is 11.2. The predicted molar refractivity (Wildman–Crippen MR) is 194 cm³/mol. The number of imidazole rings is 2. The number of aromatic nitrogens is 6. The summed E-state index contributed by atoms with van der Waals surface area (Å²) in [7, 11) is 3.20. The molecule has 52 heavy (non-hydrogen) atoms. The fourth-order valence-electron chi connectivity index (χ4n) is 6.44. The van der Waals surface area contributed by atoms with Crippen molar-refractivity contribution in [3.8, 4) is 11.5 Å². The molecule has 0 saturated carbocycles. The number of carbonyl (C=O) groups is 3. The molecular formula is C36H44N10O6. The summed E-state index contributed by atoms with van der Waals surface area (Å²) in [6.45, 7) is 9.45. The van der Waals surface area contributed by atoms with Gasteiger partial charge in [0.2, 0.25) is 17.1 Å². The molecule has 4 heterocycles. The first-order valence-corrected chi connectivity index (χ1v) is 17.2. The minimum atomic E-state index is -0.568. The summed E-state index contributed by atoms with van der Waals surface area (Å²) in [4.78, 5) is 55.3. The maximum absolute atomic E-state index is 13.6. The van der Waals surface area contributed by atoms with E-state index in [0.717, 1.165) is 51.1 Å². The standard InChI is InChI=1S/C36H44N10O6/c1-5-46-28(17-23(2)42-46)34(49)41-36-40-26-18-24(22-47)19-30(52-14-8-9-43-12-15-51-16-13-43)32(26)45(36)11-7-6-10-44-31-27(39-35(44)38-3)20-25(33(37)48)21-29(31)50-4/h6-7,17-22H,5,8-16H2,1-4H3,(H2,37,48)(H,38,39)(H,40,41,49)/b7-6+. The zero-order valence-corrected chi connectivity index (χ0v) is 29.8. The van der Waals surface area contributed by atoms with E-state index in [1.54, 1.807) is 42.1 Å². The van der Waals surface area contributed by atoms with Crippen LogP contribution in [0, 0.1) is 6.92 Å². The monoisotopic (exact) mass is 712 g/mol. The SMILES string of the molecule is CCn1nc(C)cc1C(=O)/N=c1/[nH]c2cc(C=O)cc(OCCCN3CCOCC3)c2n1C/C=C/Cn1/c(=N\C)[nH]c2cc(C(N)=O)cc(OC)c21. The first-order valence-electron chi connectivity index (χ1n) is 17.2. The van der Waals surface area contributed by atoms with Gasteiger partial charge in [0.05, 0.1) is 43.7 Å². The van der Waals surface area contributed by atoms with Gasteiger partial charge in [-0.2, -0.15) is 10.1 Å². The number of aldehydes is 1. The normalized spacial score (nSPS) is 14.6. The molecule has 274 valence electrons. The third kappa shape index (κ3) is 7.62. The minimum absolute atomic E-state index is 0.289. The number of aromatic amines is 2. The average Bonchev–Trinajstić information content (AvgIpc) is 3.83. The number of nitrogens with one attached hydrogen (secondary N) is 2. The molecule has 5 aromatic rings. The van der Waals surface area contributed by atoms with E-state index >= 15 is 0 Å². The lowest BCUT2D eigenvalue weighted by Crippen LogP contribution is -2.37. The molecule has 1 fully saturated rings. The molecule has 0 spiro atoms. The molecule has 1 saturated heterocycles. The van der Waals surface area contributed by atoms with Gasteiger partial charge in [0.25, 0.3) is 5.91 Å². The molecular weight excluding hydrogens is 668 g/mol. The van der Waals surface area contributed by atoms with Crippen molar-refractivity contribution in [3.63, 3.8) is 0 Å². The van der Waals surface area contributed by atoms with Crippen LogP contribution in [0.4, 0.5) is 0 Å². The number of carbonyl (C=O) groups excluding carboxylic acids is 3. The number of nitrogens with zero attached hydrogens (tertiary/aromatic N) is 7. The molecule has 3 aromatic heterocycles. The van der Waals surface area contributed by atoms with Gasteiger partial charge < -0.3 is 39.0 Å². The summed E-state index contributed by atoms with van der Waals surface area (Å²) in [5.74, 6) is -0.0509. The molecule has 2 amide bonds. The van der Waals surface area contributed by atoms with E-state index in [4.69, 9.17) is 19.9 Å². The Morgan fingerprint density at radius 2 is 1.69 bits per heavy atom. The maximum Gasteiger partial charge on any atom is 0.298 e. The second kappa shape index (κ2) is 16.1. The third-order valence-corrected chi connectivity index (χ3v) is 8.92. The summed E-state index contributed by atoms with van der Waals surface area (Å²) in [6.07, 6.45) is 5.46. The molecule has 6 rings (SSSR count). The van der Waals surface area contributed by atoms with E-state index in [2.05, 4.69) is 30.0 Å². The summed E-state index contributed by atoms with van der Waals surface area (Å²) < 4.78 is 22.8. The number of H-pyrrole nitrogens is 2. The number of amides is 2. The Labute approximate surface area is 299 Å². The highest BCUT2D eigenvalue weighted by Gasteiger charge is 2.18. The molecule has 4 N–H and O–H groups in total. The topological polar surface area (TPSA) is 192 Å². The second-order valence-corrected chi connectivity index (χ2v) is 12.3. The van der Waals surface area contributed by atoms with Crippen LogP contribution in [0.5, 0.6) is 11.5 Å². The van der Waals surface area contributed by atoms with Gasteiger partial charge in [0.15, 0.2) is 0 Å². The van der Waals surface area contributed by atoms with Crippen LogP contribution >= 0.6 is 0 Å². The first-order chi connectivity index (χ1) is 25.2. The molecule has 0 atom stereocenters. The van der Waals surface area contributed by atoms with Crippen LogP contribution in [0.2, 0.25) is 0 Å². The number of fused-ring (bicyclic) bond motifs is 2. The molecule has 0 unspecified atom stereocenters. The van der Waals surface area contributed by atoms with Crippen molar-refractivity contribution in [2.45, 2.75) is 39.9 Å². The average molecular weight is 713 g/mol. The second-order valence-electron chi connectivity index (χ2n) is 12.3. The van der Waals surface area contributed by atoms with E-state index in [1.807, 2.05) is 35.1 Å². The summed E-state index contributed by atoms with van der Waals surface area (Å²) >= 11 is 0. The lowest BCUT2D eigenvalue weighted by molar-refractivity contribution is 0.0358. The Morgan fingerprint density at radius 3 is 2.37 bits per heavy atom. The van der Waals surface area contributed by atoms with Crippen molar-refractivity contribution in [1.82, 2.24) is 33.8 Å². The van der Waals surface area contributed by atoms with E-state index in [-0.39, 0.29) is 5.62 Å². The van der Waals surface area contributed by atoms with Gasteiger partial charge in [-0.15, -0.1) is 0 Å². The van der Waals surface area contributed by atoms with E-state index in [1.165, 1.54) is 7.11 Å². The van der Waals surface area contributed by atoms with E-state index in [0.29, 0.717) is 82.4 Å². The number of hydrogen-bond acceptors (Lipinski definition) is 9. The van der Waals surface area contributed by atoms with Crippen molar-refractivity contribution in [1.29, 1.82) is 0 Å². The highest BCUT2D eigenvalue weighted by Crippen LogP contribution is 2.27. The van der Waals surface area contributed by atoms with Crippen LogP contribution in [0.15, 0.2) is 52.5 Å². The van der Waals surface area contributed by atoms with Crippen LogP contribution in [0.3, 0.4) is 0 Å². The highest BCUT2D eigenvalue weighted by atomic mass is 16.5. The summed E-state index contributed by atoms with van der Waals surface area (Å²) in [5.41, 5.74) is 10.9. The fourth-order valence-corrected chi connectivity index (χ4v) is 6.44. The predicted octanol–water partition coefficient (Wildman–Crippen LogP) is 2.33. The van der Waals surface area contributed by atoms with Gasteiger partial charge in [-0.05, 0) is 50.6 Å². The molecule has 16 heteroatoms. The zero-order valence-electron chi connectivity index (χ0n) is 29.8. The Morgan fingerprint density at radius 1 is 1.00 bits per heavy atom. The number of nitrogens with two attached hydrogens (primary N) is 1. The van der Waals surface area contributed by atoms with Crippen molar-refractivity contribution < 1.29 is 28.6 Å². The summed E-state index contributed by atoms with van der Waals surface area (Å²) in [5, 5.41) is 4.41. The maximum atomic E-state index is 13.6. The van der Waals surface area contributed by atoms with Gasteiger partial charge in [-0.1, -0.05) is 12.2 Å². The quantitative estimate of drug-likeness (QED) is 0.0888. The van der Waals surface area contributed by atoms with E-state index in [9.17, 15) is 14.4 Å². The molecule has 0 aliphatic carbocycles. The van der Waals surface area contributed by atoms with Gasteiger partial charge in [-0.3, -0.25) is 29.0 Å². The number of methoxy groups -OCH3 is 1. The largest absolute Gasteiger partial charge is 0.494 e. The van der Waals surface area contributed by atoms with Crippen LogP contribution in [0.1, 0.15) is 50.2 Å². The smallest absolute Gasteiger partial charge is 0.298 e. The van der Waals surface area contributed by atoms with Crippen molar-refractivity contribution >= 4 is 40.2 Å². The molecule has 16 nitrogen and oxygen atoms in total. The third-order valence-electron chi connectivity index (χ3n) is 8.92. The van der Waals surface area contributed by atoms with Gasteiger partial charge >= 0.3 is 0 Å². The number of primary amides is 1. The number of allylic oxidation sites excluding steroid dienone is 2. The minimum Gasteiger partial charge on any atom is -0.494 e. The van der Waals surface area contributed by atoms with Crippen LogP contribution in [0.25, 0.3) is 22.1 Å². The van der Waals surface area contributed by atoms with Crippen LogP contribution in [-0.4, -0.2) is 105 Å². The number of benzene rings is 2. The van der Waals surface area contributed by atoms with Gasteiger partial charge in [0.1, 0.15) is 34.5 Å². The van der Waals surface area contributed by atoms with Crippen LogP contribution < -0.4 is 26.4 Å². The molecule has 1 aliphatic heterocycles. The van der Waals surface area contributed by atoms with Crippen molar-refractivity contribution in [3.05, 3.63) is 76.2 Å². The van der Waals surface area contributed by atoms with Crippen molar-refractivity contribution in [2.24, 2.45) is 15.7 Å². The molecule has 0 bridgehead atoms. The van der Waals surface area contributed by atoms with Gasteiger partial charge in [-0.25, -0.2) is 0 Å². The van der Waals surface area contributed by atoms with Crippen LogP contribution in [-0.2, 0) is 24.4 Å². The number of aryl methyl sites for hydroxylation is 2. The first kappa shape index (κ1) is 36.1. The molecule has 0 radical (unpaired) electrons. The number of morpholine rings is 1. The lowest BCUT2D eigenvalue weighted by atomic mass is 10.1. The van der Waals surface area contributed by atoms with Gasteiger partial charge in [0, 0.05) is 57.4 Å². The number of ether oxygens (including phenoxy) is 3. The Balaban J connectivity index is 1.37. The zero-order chi connectivity index (χ0) is 36.8. The number of rotatable bonds is 14.